The van der Waals surface area contributed by atoms with E-state index in [2.05, 4.69) is 18.9 Å². The predicted molar refractivity (Wildman–Crippen MR) is 76.8 cm³/mol. The molecule has 0 saturated heterocycles. The minimum absolute atomic E-state index is 0.143. The van der Waals surface area contributed by atoms with E-state index in [1.54, 1.807) is 0 Å². The van der Waals surface area contributed by atoms with Crippen LogP contribution in [0.5, 0.6) is 0 Å². The third kappa shape index (κ3) is 4.06. The highest BCUT2D eigenvalue weighted by atomic mass is 16.2. The van der Waals surface area contributed by atoms with Gasteiger partial charge in [0.25, 0.3) is 0 Å². The fourth-order valence-electron chi connectivity index (χ4n) is 2.11. The maximum Gasteiger partial charge on any atom is 0.227 e. The van der Waals surface area contributed by atoms with Crippen LogP contribution in [-0.4, -0.2) is 40.2 Å². The first-order chi connectivity index (χ1) is 9.03. The van der Waals surface area contributed by atoms with Crippen molar-refractivity contribution in [3.63, 3.8) is 0 Å². The van der Waals surface area contributed by atoms with Gasteiger partial charge in [0, 0.05) is 31.9 Å². The molecule has 0 aromatic carbocycles. The molecule has 0 aliphatic carbocycles. The molecule has 108 valence electrons. The number of amides is 1. The van der Waals surface area contributed by atoms with Crippen LogP contribution in [0.15, 0.2) is 12.4 Å². The first kappa shape index (κ1) is 15.7. The van der Waals surface area contributed by atoms with Gasteiger partial charge in [-0.1, -0.05) is 0 Å². The summed E-state index contributed by atoms with van der Waals surface area (Å²) in [6, 6.07) is 0.337. The van der Waals surface area contributed by atoms with Crippen LogP contribution in [0, 0.1) is 5.92 Å². The summed E-state index contributed by atoms with van der Waals surface area (Å²) in [5.41, 5.74) is 6.83. The highest BCUT2D eigenvalue weighted by Gasteiger charge is 2.22. The van der Waals surface area contributed by atoms with Crippen molar-refractivity contribution in [2.24, 2.45) is 11.7 Å². The molecule has 0 aliphatic heterocycles. The Balaban J connectivity index is 2.72. The summed E-state index contributed by atoms with van der Waals surface area (Å²) < 4.78 is 1.91. The van der Waals surface area contributed by atoms with E-state index in [9.17, 15) is 4.79 Å². The number of nitrogens with two attached hydrogens (primary N) is 1. The van der Waals surface area contributed by atoms with Crippen LogP contribution in [0.3, 0.4) is 0 Å². The Morgan fingerprint density at radius 2 is 2.05 bits per heavy atom. The van der Waals surface area contributed by atoms with Gasteiger partial charge >= 0.3 is 0 Å². The van der Waals surface area contributed by atoms with Crippen LogP contribution < -0.4 is 5.73 Å². The zero-order chi connectivity index (χ0) is 14.4. The van der Waals surface area contributed by atoms with E-state index in [0.717, 1.165) is 18.7 Å². The Morgan fingerprint density at radius 1 is 1.42 bits per heavy atom. The molecule has 1 atom stereocenters. The van der Waals surface area contributed by atoms with E-state index in [1.165, 1.54) is 0 Å². The lowest BCUT2D eigenvalue weighted by Crippen LogP contribution is -2.39. The molecule has 1 aromatic rings. The molecule has 0 saturated carbocycles. The van der Waals surface area contributed by atoms with Crippen LogP contribution in [0.25, 0.3) is 0 Å². The fraction of sp³-hybridized carbons (Fsp3) is 0.714. The van der Waals surface area contributed by atoms with Crippen LogP contribution >= 0.6 is 0 Å². The average Bonchev–Trinajstić information content (AvgIpc) is 2.86. The van der Waals surface area contributed by atoms with E-state index in [1.807, 2.05) is 35.8 Å². The van der Waals surface area contributed by atoms with E-state index in [-0.39, 0.29) is 11.8 Å². The molecule has 2 N–H and O–H groups in total. The molecule has 0 aliphatic rings. The van der Waals surface area contributed by atoms with Crippen molar-refractivity contribution in [3.8, 4) is 0 Å². The fourth-order valence-corrected chi connectivity index (χ4v) is 2.11. The normalized spacial score (nSPS) is 12.7. The Bertz CT molecular complexity index is 396. The van der Waals surface area contributed by atoms with Crippen molar-refractivity contribution in [1.29, 1.82) is 0 Å². The second-order valence-electron chi connectivity index (χ2n) is 5.07. The molecule has 0 bridgehead atoms. The highest BCUT2D eigenvalue weighted by molar-refractivity contribution is 5.79. The SMILES string of the molecule is CCN(CC)C(=O)C(CN)Cc1cnn(C(C)C)c1. The molecule has 19 heavy (non-hydrogen) atoms. The molecule has 1 aromatic heterocycles. The summed E-state index contributed by atoms with van der Waals surface area (Å²) in [4.78, 5) is 14.1. The van der Waals surface area contributed by atoms with Gasteiger partial charge in [0.2, 0.25) is 5.91 Å². The summed E-state index contributed by atoms with van der Waals surface area (Å²) in [5, 5.41) is 4.30. The Labute approximate surface area is 115 Å². The second kappa shape index (κ2) is 7.28. The number of carbonyl (C=O) groups excluding carboxylic acids is 1. The number of rotatable bonds is 7. The molecule has 1 unspecified atom stereocenters. The number of hydrogen-bond donors (Lipinski definition) is 1. The molecule has 0 spiro atoms. The largest absolute Gasteiger partial charge is 0.343 e. The number of nitrogens with zero attached hydrogens (tertiary/aromatic N) is 3. The zero-order valence-electron chi connectivity index (χ0n) is 12.5. The van der Waals surface area contributed by atoms with Gasteiger partial charge in [-0.3, -0.25) is 9.48 Å². The van der Waals surface area contributed by atoms with Crippen molar-refractivity contribution in [2.45, 2.75) is 40.2 Å². The first-order valence-electron chi connectivity index (χ1n) is 7.05. The van der Waals surface area contributed by atoms with E-state index < -0.39 is 0 Å². The molecule has 5 heteroatoms. The summed E-state index contributed by atoms with van der Waals surface area (Å²) in [7, 11) is 0. The van der Waals surface area contributed by atoms with E-state index in [0.29, 0.717) is 19.0 Å². The van der Waals surface area contributed by atoms with Gasteiger partial charge in [-0.05, 0) is 39.7 Å². The minimum Gasteiger partial charge on any atom is -0.343 e. The predicted octanol–water partition coefficient (Wildman–Crippen LogP) is 1.45. The van der Waals surface area contributed by atoms with Crippen LogP contribution in [0.4, 0.5) is 0 Å². The van der Waals surface area contributed by atoms with Gasteiger partial charge in [0.15, 0.2) is 0 Å². The lowest BCUT2D eigenvalue weighted by atomic mass is 10.00. The summed E-state index contributed by atoms with van der Waals surface area (Å²) >= 11 is 0. The maximum absolute atomic E-state index is 12.3. The minimum atomic E-state index is -0.148. The molecule has 1 heterocycles. The number of aromatic nitrogens is 2. The van der Waals surface area contributed by atoms with Crippen molar-refractivity contribution in [2.75, 3.05) is 19.6 Å². The molecular formula is C14H26N4O. The number of carbonyl (C=O) groups is 1. The van der Waals surface area contributed by atoms with Crippen molar-refractivity contribution in [1.82, 2.24) is 14.7 Å². The average molecular weight is 266 g/mol. The van der Waals surface area contributed by atoms with Gasteiger partial charge in [-0.2, -0.15) is 5.10 Å². The van der Waals surface area contributed by atoms with Crippen LogP contribution in [0.1, 0.15) is 39.3 Å². The lowest BCUT2D eigenvalue weighted by Gasteiger charge is -2.24. The molecule has 1 amide bonds. The zero-order valence-corrected chi connectivity index (χ0v) is 12.5. The molecular weight excluding hydrogens is 240 g/mol. The first-order valence-corrected chi connectivity index (χ1v) is 7.05. The lowest BCUT2D eigenvalue weighted by molar-refractivity contribution is -0.134. The van der Waals surface area contributed by atoms with Crippen molar-refractivity contribution >= 4 is 5.91 Å². The van der Waals surface area contributed by atoms with Crippen molar-refractivity contribution in [3.05, 3.63) is 18.0 Å². The monoisotopic (exact) mass is 266 g/mol. The highest BCUT2D eigenvalue weighted by Crippen LogP contribution is 2.12. The Kier molecular flexibility index (Phi) is 6.02. The van der Waals surface area contributed by atoms with Gasteiger partial charge in [-0.15, -0.1) is 0 Å². The number of hydrogen-bond acceptors (Lipinski definition) is 3. The molecule has 1 rings (SSSR count). The Morgan fingerprint density at radius 3 is 2.47 bits per heavy atom. The summed E-state index contributed by atoms with van der Waals surface area (Å²) in [6.07, 6.45) is 4.50. The van der Waals surface area contributed by atoms with Gasteiger partial charge in [-0.25, -0.2) is 0 Å². The van der Waals surface area contributed by atoms with Gasteiger partial charge in [0.05, 0.1) is 12.1 Å². The quantitative estimate of drug-likeness (QED) is 0.812. The third-order valence-corrected chi connectivity index (χ3v) is 3.38. The molecule has 0 fully saturated rings. The Hall–Kier alpha value is -1.36. The maximum atomic E-state index is 12.3. The third-order valence-electron chi connectivity index (χ3n) is 3.38. The van der Waals surface area contributed by atoms with Crippen molar-refractivity contribution < 1.29 is 4.79 Å². The molecule has 5 nitrogen and oxygen atoms in total. The van der Waals surface area contributed by atoms with Crippen LogP contribution in [-0.2, 0) is 11.2 Å². The molecule has 0 radical (unpaired) electrons. The van der Waals surface area contributed by atoms with Crippen LogP contribution in [0.2, 0.25) is 0 Å². The standard InChI is InChI=1S/C14H26N4O/c1-5-17(6-2)14(19)13(8-15)7-12-9-16-18(10-12)11(3)4/h9-11,13H,5-8,15H2,1-4H3. The topological polar surface area (TPSA) is 64.2 Å². The van der Waals surface area contributed by atoms with E-state index in [4.69, 9.17) is 5.73 Å². The second-order valence-corrected chi connectivity index (χ2v) is 5.07. The smallest absolute Gasteiger partial charge is 0.227 e. The van der Waals surface area contributed by atoms with Gasteiger partial charge in [0.1, 0.15) is 0 Å². The van der Waals surface area contributed by atoms with E-state index >= 15 is 0 Å². The summed E-state index contributed by atoms with van der Waals surface area (Å²) in [6.45, 7) is 9.99. The summed E-state index contributed by atoms with van der Waals surface area (Å²) in [5.74, 6) is -0.00508. The van der Waals surface area contributed by atoms with Gasteiger partial charge < -0.3 is 10.6 Å².